The number of aryl methyl sites for hydroxylation is 1. The molecule has 3 amide bonds. The topological polar surface area (TPSA) is 123 Å². The molecule has 3 N–H and O–H groups in total. The third-order valence-corrected chi connectivity index (χ3v) is 4.09. The second kappa shape index (κ2) is 9.24. The number of nitrogens with zero attached hydrogens (tertiary/aromatic N) is 4. The molecule has 0 radical (unpaired) electrons. The lowest BCUT2D eigenvalue weighted by atomic mass is 9.96. The first-order valence-electron chi connectivity index (χ1n) is 9.63. The molecular weight excluding hydrogens is 398 g/mol. The Hall–Kier alpha value is -3.95. The fraction of sp³-hybridized carbons (Fsp3) is 0.286. The molecule has 0 saturated heterocycles. The van der Waals surface area contributed by atoms with Gasteiger partial charge in [0.25, 0.3) is 0 Å². The van der Waals surface area contributed by atoms with Crippen molar-refractivity contribution in [3.8, 4) is 11.5 Å². The smallest absolute Gasteiger partial charge is 0.327 e. The van der Waals surface area contributed by atoms with E-state index < -0.39 is 11.4 Å². The van der Waals surface area contributed by atoms with Crippen LogP contribution in [0.3, 0.4) is 0 Å². The molecule has 0 bridgehead atoms. The summed E-state index contributed by atoms with van der Waals surface area (Å²) >= 11 is 0. The number of hydrogen-bond donors (Lipinski definition) is 3. The SMILES string of the molecule is Cn1cc(CNc2cc(Oc3ccc(NC(=O)NC(=O)C(C)(C)C)nc3)ccn2)cn1. The van der Waals surface area contributed by atoms with E-state index in [0.29, 0.717) is 29.7 Å². The van der Waals surface area contributed by atoms with E-state index in [1.165, 1.54) is 6.20 Å². The van der Waals surface area contributed by atoms with Crippen molar-refractivity contribution in [2.45, 2.75) is 27.3 Å². The van der Waals surface area contributed by atoms with E-state index in [-0.39, 0.29) is 5.91 Å². The maximum absolute atomic E-state index is 11.9. The van der Waals surface area contributed by atoms with E-state index in [4.69, 9.17) is 4.74 Å². The van der Waals surface area contributed by atoms with Crippen LogP contribution in [0.1, 0.15) is 26.3 Å². The molecule has 3 heterocycles. The van der Waals surface area contributed by atoms with E-state index >= 15 is 0 Å². The zero-order valence-corrected chi connectivity index (χ0v) is 17.8. The van der Waals surface area contributed by atoms with E-state index in [0.717, 1.165) is 5.56 Å². The summed E-state index contributed by atoms with van der Waals surface area (Å²) in [6.45, 7) is 5.75. The van der Waals surface area contributed by atoms with Crippen LogP contribution in [0.15, 0.2) is 49.1 Å². The summed E-state index contributed by atoms with van der Waals surface area (Å²) in [5.74, 6) is 1.64. The number of rotatable bonds is 6. The third kappa shape index (κ3) is 6.53. The van der Waals surface area contributed by atoms with Crippen molar-refractivity contribution >= 4 is 23.6 Å². The minimum absolute atomic E-state index is 0.292. The minimum atomic E-state index is -0.668. The maximum atomic E-state index is 11.9. The van der Waals surface area contributed by atoms with E-state index in [9.17, 15) is 9.59 Å². The van der Waals surface area contributed by atoms with Crippen molar-refractivity contribution in [2.24, 2.45) is 12.5 Å². The zero-order chi connectivity index (χ0) is 22.4. The normalized spacial score (nSPS) is 11.0. The predicted molar refractivity (Wildman–Crippen MR) is 116 cm³/mol. The molecule has 31 heavy (non-hydrogen) atoms. The molecule has 0 aliphatic carbocycles. The number of urea groups is 1. The van der Waals surface area contributed by atoms with Crippen molar-refractivity contribution in [1.82, 2.24) is 25.1 Å². The fourth-order valence-corrected chi connectivity index (χ4v) is 2.42. The molecule has 3 aromatic heterocycles. The number of carbonyl (C=O) groups is 2. The third-order valence-electron chi connectivity index (χ3n) is 4.09. The van der Waals surface area contributed by atoms with Gasteiger partial charge in [0.15, 0.2) is 0 Å². The number of nitrogens with one attached hydrogen (secondary N) is 3. The zero-order valence-electron chi connectivity index (χ0n) is 17.8. The fourth-order valence-electron chi connectivity index (χ4n) is 2.42. The van der Waals surface area contributed by atoms with Crippen LogP contribution < -0.4 is 20.7 Å². The Bertz CT molecular complexity index is 1060. The molecule has 3 rings (SSSR count). The van der Waals surface area contributed by atoms with Gasteiger partial charge in [-0.15, -0.1) is 0 Å². The number of amides is 3. The van der Waals surface area contributed by atoms with Gasteiger partial charge in [-0.3, -0.25) is 20.1 Å². The highest BCUT2D eigenvalue weighted by Crippen LogP contribution is 2.23. The molecule has 0 spiro atoms. The standard InChI is InChI=1S/C21H25N7O3/c1-21(2,3)19(29)27-20(30)26-17-6-5-16(12-24-17)31-15-7-8-22-18(9-15)23-10-14-11-25-28(4)13-14/h5-9,11-13H,10H2,1-4H3,(H,22,23)(H2,24,26,27,29,30). The Labute approximate surface area is 180 Å². The van der Waals surface area contributed by atoms with Crippen LogP contribution in [0.2, 0.25) is 0 Å². The molecule has 0 atom stereocenters. The Morgan fingerprint density at radius 3 is 2.52 bits per heavy atom. The lowest BCUT2D eigenvalue weighted by Gasteiger charge is -2.16. The summed E-state index contributed by atoms with van der Waals surface area (Å²) in [7, 11) is 1.86. The molecule has 10 nitrogen and oxygen atoms in total. The van der Waals surface area contributed by atoms with Gasteiger partial charge in [-0.1, -0.05) is 20.8 Å². The molecule has 0 aromatic carbocycles. The van der Waals surface area contributed by atoms with Gasteiger partial charge in [-0.05, 0) is 18.2 Å². The molecule has 162 valence electrons. The highest BCUT2D eigenvalue weighted by Gasteiger charge is 2.23. The lowest BCUT2D eigenvalue weighted by Crippen LogP contribution is -2.41. The number of ether oxygens (including phenoxy) is 1. The molecule has 0 saturated carbocycles. The number of carbonyl (C=O) groups excluding carboxylic acids is 2. The van der Waals surface area contributed by atoms with E-state index in [1.807, 2.05) is 13.2 Å². The summed E-state index contributed by atoms with van der Waals surface area (Å²) in [5.41, 5.74) is 0.370. The summed E-state index contributed by atoms with van der Waals surface area (Å²) in [4.78, 5) is 32.2. The monoisotopic (exact) mass is 423 g/mol. The molecule has 10 heteroatoms. The summed E-state index contributed by atoms with van der Waals surface area (Å²) in [6, 6.07) is 6.11. The molecule has 0 aliphatic rings. The van der Waals surface area contributed by atoms with Crippen molar-refractivity contribution in [2.75, 3.05) is 10.6 Å². The van der Waals surface area contributed by atoms with Crippen LogP contribution in [-0.2, 0) is 18.4 Å². The quantitative estimate of drug-likeness (QED) is 0.556. The van der Waals surface area contributed by atoms with Gasteiger partial charge in [0.2, 0.25) is 5.91 Å². The van der Waals surface area contributed by atoms with Crippen molar-refractivity contribution in [3.63, 3.8) is 0 Å². The van der Waals surface area contributed by atoms with Crippen molar-refractivity contribution < 1.29 is 14.3 Å². The summed E-state index contributed by atoms with van der Waals surface area (Å²) < 4.78 is 7.54. The number of imide groups is 1. The second-order valence-corrected chi connectivity index (χ2v) is 7.89. The Balaban J connectivity index is 1.54. The second-order valence-electron chi connectivity index (χ2n) is 7.89. The maximum Gasteiger partial charge on any atom is 0.327 e. The van der Waals surface area contributed by atoms with Gasteiger partial charge in [0.05, 0.1) is 12.4 Å². The van der Waals surface area contributed by atoms with Gasteiger partial charge >= 0.3 is 6.03 Å². The number of anilines is 2. The predicted octanol–water partition coefficient (Wildman–Crippen LogP) is 3.31. The first-order valence-corrected chi connectivity index (χ1v) is 9.63. The van der Waals surface area contributed by atoms with Crippen LogP contribution in [0.5, 0.6) is 11.5 Å². The van der Waals surface area contributed by atoms with Crippen molar-refractivity contribution in [3.05, 3.63) is 54.6 Å². The summed E-state index contributed by atoms with van der Waals surface area (Å²) in [5, 5.41) is 12.1. The Morgan fingerprint density at radius 2 is 1.87 bits per heavy atom. The number of hydrogen-bond acceptors (Lipinski definition) is 7. The minimum Gasteiger partial charge on any atom is -0.456 e. The molecular formula is C21H25N7O3. The Kier molecular flexibility index (Phi) is 6.49. The van der Waals surface area contributed by atoms with Gasteiger partial charge in [0.1, 0.15) is 23.1 Å². The van der Waals surface area contributed by atoms with Gasteiger partial charge in [-0.25, -0.2) is 14.8 Å². The summed E-state index contributed by atoms with van der Waals surface area (Å²) in [6.07, 6.45) is 6.83. The van der Waals surface area contributed by atoms with Crippen LogP contribution in [0.4, 0.5) is 16.4 Å². The highest BCUT2D eigenvalue weighted by molar-refractivity contribution is 6.02. The van der Waals surface area contributed by atoms with Gasteiger partial charge < -0.3 is 10.1 Å². The van der Waals surface area contributed by atoms with Gasteiger partial charge in [0, 0.05) is 43.0 Å². The van der Waals surface area contributed by atoms with Crippen LogP contribution in [0, 0.1) is 5.41 Å². The molecule has 0 unspecified atom stereocenters. The van der Waals surface area contributed by atoms with Crippen LogP contribution in [0.25, 0.3) is 0 Å². The molecule has 0 aliphatic heterocycles. The lowest BCUT2D eigenvalue weighted by molar-refractivity contribution is -0.127. The number of aromatic nitrogens is 4. The number of pyridine rings is 2. The molecule has 0 fully saturated rings. The highest BCUT2D eigenvalue weighted by atomic mass is 16.5. The van der Waals surface area contributed by atoms with Crippen molar-refractivity contribution in [1.29, 1.82) is 0 Å². The first kappa shape index (κ1) is 21.8. The van der Waals surface area contributed by atoms with E-state index in [1.54, 1.807) is 62.1 Å². The van der Waals surface area contributed by atoms with Crippen LogP contribution in [-0.4, -0.2) is 31.7 Å². The average molecular weight is 423 g/mol. The first-order chi connectivity index (χ1) is 14.7. The largest absolute Gasteiger partial charge is 0.456 e. The van der Waals surface area contributed by atoms with Gasteiger partial charge in [-0.2, -0.15) is 5.10 Å². The molecule has 3 aromatic rings. The Morgan fingerprint density at radius 1 is 1.06 bits per heavy atom. The van der Waals surface area contributed by atoms with Crippen LogP contribution >= 0.6 is 0 Å². The van der Waals surface area contributed by atoms with E-state index in [2.05, 4.69) is 31.0 Å². The average Bonchev–Trinajstić information content (AvgIpc) is 3.13.